The molecule has 2 unspecified atom stereocenters. The molecule has 0 heterocycles. The fourth-order valence-electron chi connectivity index (χ4n) is 6.25. The molecule has 12 nitrogen and oxygen atoms in total. The summed E-state index contributed by atoms with van der Waals surface area (Å²) in [6.45, 7) is 0. The van der Waals surface area contributed by atoms with Crippen LogP contribution in [0, 0.1) is 17.8 Å². The standard InChI is InChI=1S/C27H29N3O9S/c1-30(2)17-11-16(29-40(38,39)14-6-4-3-5-7-14)22(32)20-15(17)9-12-8-13-10-18(31)21(26(28)36)25(35)27(13,37)24(34)19(12)23(20)33/h3-7,11-13,18,21,29,31-33,37H,8-10H2,1-2H3,(H2,28,36)/t12-,13+,18?,21?,27+/m1/s1. The van der Waals surface area contributed by atoms with E-state index in [-0.39, 0.29) is 41.0 Å². The number of aromatic hydroxyl groups is 1. The number of Topliss-reactive ketones (excluding diaryl/α,β-unsaturated/α-hetero) is 2. The van der Waals surface area contributed by atoms with Gasteiger partial charge in [-0.25, -0.2) is 8.42 Å². The second-order valence-corrected chi connectivity index (χ2v) is 12.4. The van der Waals surface area contributed by atoms with Gasteiger partial charge in [0.1, 0.15) is 11.7 Å². The van der Waals surface area contributed by atoms with Crippen molar-refractivity contribution in [1.29, 1.82) is 0 Å². The van der Waals surface area contributed by atoms with E-state index in [1.807, 2.05) is 0 Å². The maximum absolute atomic E-state index is 13.7. The summed E-state index contributed by atoms with van der Waals surface area (Å²) in [5.74, 6) is -8.44. The number of carbonyl (C=O) groups is 3. The smallest absolute Gasteiger partial charge is 0.262 e. The molecule has 2 aromatic rings. The van der Waals surface area contributed by atoms with Crippen molar-refractivity contribution >= 4 is 44.6 Å². The van der Waals surface area contributed by atoms with E-state index in [1.54, 1.807) is 25.1 Å². The second kappa shape index (κ2) is 9.32. The van der Waals surface area contributed by atoms with Crippen LogP contribution < -0.4 is 15.4 Å². The van der Waals surface area contributed by atoms with Crippen molar-refractivity contribution in [2.24, 2.45) is 23.5 Å². The number of aliphatic hydroxyl groups is 3. The summed E-state index contributed by atoms with van der Waals surface area (Å²) in [6, 6.07) is 8.85. The molecule has 212 valence electrons. The molecule has 2 fully saturated rings. The summed E-state index contributed by atoms with van der Waals surface area (Å²) in [6.07, 6.45) is -1.58. The third-order valence-electron chi connectivity index (χ3n) is 8.14. The fourth-order valence-corrected chi connectivity index (χ4v) is 7.33. The first-order valence-electron chi connectivity index (χ1n) is 12.6. The summed E-state index contributed by atoms with van der Waals surface area (Å²) < 4.78 is 28.4. The molecular formula is C27H29N3O9S. The first kappa shape index (κ1) is 27.6. The number of nitrogens with two attached hydrogens (primary N) is 1. The number of phenols is 1. The predicted molar refractivity (Wildman–Crippen MR) is 143 cm³/mol. The minimum atomic E-state index is -4.15. The van der Waals surface area contributed by atoms with Crippen molar-refractivity contribution in [3.8, 4) is 5.75 Å². The van der Waals surface area contributed by atoms with Gasteiger partial charge in [0, 0.05) is 31.3 Å². The van der Waals surface area contributed by atoms with Crippen molar-refractivity contribution in [1.82, 2.24) is 0 Å². The first-order valence-corrected chi connectivity index (χ1v) is 14.0. The van der Waals surface area contributed by atoms with Crippen LogP contribution in [0.2, 0.25) is 0 Å². The van der Waals surface area contributed by atoms with Crippen LogP contribution in [0.5, 0.6) is 5.75 Å². The topological polar surface area (TPSA) is 208 Å². The lowest BCUT2D eigenvalue weighted by Gasteiger charge is -2.48. The monoisotopic (exact) mass is 571 g/mol. The number of hydrogen-bond acceptors (Lipinski definition) is 10. The van der Waals surface area contributed by atoms with Crippen LogP contribution in [0.15, 0.2) is 46.9 Å². The number of anilines is 2. The van der Waals surface area contributed by atoms with E-state index in [4.69, 9.17) is 5.73 Å². The van der Waals surface area contributed by atoms with E-state index < -0.39 is 68.5 Å². The van der Waals surface area contributed by atoms with Gasteiger partial charge < -0.3 is 31.1 Å². The Kier molecular flexibility index (Phi) is 6.44. The number of hydrogen-bond donors (Lipinski definition) is 6. The zero-order valence-corrected chi connectivity index (χ0v) is 22.5. The summed E-state index contributed by atoms with van der Waals surface area (Å²) in [4.78, 5) is 40.3. The highest BCUT2D eigenvalue weighted by atomic mass is 32.2. The first-order chi connectivity index (χ1) is 18.7. The molecule has 0 radical (unpaired) electrons. The third-order valence-corrected chi connectivity index (χ3v) is 9.52. The Balaban J connectivity index is 1.66. The van der Waals surface area contributed by atoms with E-state index in [1.165, 1.54) is 30.3 Å². The minimum Gasteiger partial charge on any atom is -0.507 e. The Morgan fingerprint density at radius 3 is 2.38 bits per heavy atom. The number of sulfonamides is 1. The average molecular weight is 572 g/mol. The molecule has 3 aliphatic rings. The molecule has 7 N–H and O–H groups in total. The van der Waals surface area contributed by atoms with Crippen LogP contribution in [-0.4, -0.2) is 72.1 Å². The van der Waals surface area contributed by atoms with Crippen LogP contribution in [0.25, 0.3) is 5.76 Å². The van der Waals surface area contributed by atoms with E-state index >= 15 is 0 Å². The van der Waals surface area contributed by atoms with E-state index in [2.05, 4.69) is 4.72 Å². The second-order valence-electron chi connectivity index (χ2n) is 10.7. The predicted octanol–water partition coefficient (Wildman–Crippen LogP) is 0.456. The molecule has 5 atom stereocenters. The van der Waals surface area contributed by atoms with Crippen LogP contribution in [-0.2, 0) is 30.8 Å². The molecule has 3 aliphatic carbocycles. The quantitative estimate of drug-likeness (QED) is 0.216. The van der Waals surface area contributed by atoms with Gasteiger partial charge in [0.15, 0.2) is 17.1 Å². The highest BCUT2D eigenvalue weighted by molar-refractivity contribution is 7.92. The van der Waals surface area contributed by atoms with Crippen molar-refractivity contribution in [2.75, 3.05) is 23.7 Å². The van der Waals surface area contributed by atoms with Gasteiger partial charge in [0.25, 0.3) is 10.0 Å². The Morgan fingerprint density at radius 1 is 1.12 bits per heavy atom. The lowest BCUT2D eigenvalue weighted by Crippen LogP contribution is -2.66. The van der Waals surface area contributed by atoms with Crippen LogP contribution in [0.3, 0.4) is 0 Å². The molecule has 0 saturated heterocycles. The van der Waals surface area contributed by atoms with Gasteiger partial charge in [0.2, 0.25) is 11.7 Å². The number of aliphatic hydroxyl groups excluding tert-OH is 2. The van der Waals surface area contributed by atoms with Crippen molar-refractivity contribution in [2.45, 2.75) is 35.9 Å². The fraction of sp³-hybridized carbons (Fsp3) is 0.370. The molecule has 0 bridgehead atoms. The van der Waals surface area contributed by atoms with Gasteiger partial charge in [-0.05, 0) is 48.9 Å². The Labute approximate surface area is 229 Å². The molecule has 0 aliphatic heterocycles. The lowest BCUT2D eigenvalue weighted by atomic mass is 9.56. The Bertz CT molecular complexity index is 1590. The van der Waals surface area contributed by atoms with Gasteiger partial charge in [-0.3, -0.25) is 19.1 Å². The molecule has 1 amide bonds. The highest BCUT2D eigenvalue weighted by Crippen LogP contribution is 2.53. The van der Waals surface area contributed by atoms with Gasteiger partial charge in [-0.15, -0.1) is 0 Å². The number of phenolic OH excluding ortho intramolecular Hbond substituents is 1. The largest absolute Gasteiger partial charge is 0.507 e. The van der Waals surface area contributed by atoms with E-state index in [0.717, 1.165) is 0 Å². The van der Waals surface area contributed by atoms with Crippen molar-refractivity contribution < 1.29 is 43.2 Å². The molecule has 5 rings (SSSR count). The number of fused-ring (bicyclic) bond motifs is 3. The van der Waals surface area contributed by atoms with Gasteiger partial charge in [0.05, 0.1) is 22.3 Å². The summed E-state index contributed by atoms with van der Waals surface area (Å²) >= 11 is 0. The molecule has 2 saturated carbocycles. The normalized spacial score (nSPS) is 27.9. The third kappa shape index (κ3) is 3.95. The zero-order chi connectivity index (χ0) is 29.3. The maximum atomic E-state index is 13.7. The Morgan fingerprint density at radius 2 is 1.77 bits per heavy atom. The number of nitrogens with zero attached hydrogens (tertiary/aromatic N) is 1. The molecule has 0 aromatic heterocycles. The Hall–Kier alpha value is -3.94. The highest BCUT2D eigenvalue weighted by Gasteiger charge is 2.64. The van der Waals surface area contributed by atoms with Crippen LogP contribution in [0.4, 0.5) is 11.4 Å². The van der Waals surface area contributed by atoms with E-state index in [9.17, 15) is 43.2 Å². The maximum Gasteiger partial charge on any atom is 0.262 e. The van der Waals surface area contributed by atoms with Gasteiger partial charge in [-0.2, -0.15) is 0 Å². The van der Waals surface area contributed by atoms with Gasteiger partial charge in [-0.1, -0.05) is 18.2 Å². The summed E-state index contributed by atoms with van der Waals surface area (Å²) in [5, 5.41) is 44.4. The summed E-state index contributed by atoms with van der Waals surface area (Å²) in [7, 11) is -0.786. The molecule has 2 aromatic carbocycles. The molecule has 0 spiro atoms. The average Bonchev–Trinajstić information content (AvgIpc) is 2.87. The number of primary amides is 1. The number of rotatable bonds is 5. The summed E-state index contributed by atoms with van der Waals surface area (Å²) in [5.41, 5.74) is 2.65. The van der Waals surface area contributed by atoms with Crippen LogP contribution >= 0.6 is 0 Å². The number of nitrogens with one attached hydrogen (secondary N) is 1. The molecule has 13 heteroatoms. The number of benzene rings is 2. The lowest BCUT2D eigenvalue weighted by molar-refractivity contribution is -0.174. The van der Waals surface area contributed by atoms with Crippen molar-refractivity contribution in [3.05, 3.63) is 53.1 Å². The van der Waals surface area contributed by atoms with E-state index in [0.29, 0.717) is 11.3 Å². The molecule has 40 heavy (non-hydrogen) atoms. The van der Waals surface area contributed by atoms with Crippen molar-refractivity contribution in [3.63, 3.8) is 0 Å². The zero-order valence-electron chi connectivity index (χ0n) is 21.7. The molecular weight excluding hydrogens is 542 g/mol. The van der Waals surface area contributed by atoms with Crippen LogP contribution in [0.1, 0.15) is 24.0 Å². The number of carbonyl (C=O) groups excluding carboxylic acids is 3. The number of ketones is 2. The number of amides is 1. The SMILES string of the molecule is CN(C)c1cc(NS(=O)(=O)c2ccccc2)c(O)c2c1C[C@H]1C[C@H]3CC(O)C(C(N)=O)C(=O)[C@@]3(O)C(=O)C1=C2O. The minimum absolute atomic E-state index is 0.0192. The van der Waals surface area contributed by atoms with Gasteiger partial charge >= 0.3 is 0 Å².